The first-order chi connectivity index (χ1) is 28.4. The summed E-state index contributed by atoms with van der Waals surface area (Å²) in [4.78, 5) is 91.3. The molecule has 2 aromatic carbocycles. The second-order valence-electron chi connectivity index (χ2n) is 15.4. The number of nitro groups is 1. The summed E-state index contributed by atoms with van der Waals surface area (Å²) in [6.07, 6.45) is 7.79. The van der Waals surface area contributed by atoms with Gasteiger partial charge < -0.3 is 52.4 Å². The van der Waals surface area contributed by atoms with Crippen LogP contribution in [0.4, 0.5) is 5.69 Å². The van der Waals surface area contributed by atoms with Gasteiger partial charge in [0.05, 0.1) is 30.5 Å². The molecule has 10 N–H and O–H groups in total. The Morgan fingerprint density at radius 1 is 0.984 bits per heavy atom. The Hall–Kier alpha value is -5.69. The Bertz CT molecular complexity index is 1860. The zero-order chi connectivity index (χ0) is 44.5. The van der Waals surface area contributed by atoms with Gasteiger partial charge in [-0.15, -0.1) is 12.4 Å². The molecule has 4 rings (SSSR count). The van der Waals surface area contributed by atoms with Crippen LogP contribution in [0.25, 0.3) is 0 Å². The number of nitrogens with zero attached hydrogens (tertiary/aromatic N) is 1. The van der Waals surface area contributed by atoms with Crippen LogP contribution in [0, 0.1) is 16.0 Å². The van der Waals surface area contributed by atoms with Crippen LogP contribution in [0.5, 0.6) is 23.0 Å². The fourth-order valence-corrected chi connectivity index (χ4v) is 6.87. The fraction of sp³-hybridized carbons (Fsp3) is 0.561. The number of rotatable bonds is 21. The Balaban J connectivity index is 0.0000128. The van der Waals surface area contributed by atoms with Crippen molar-refractivity contribution in [2.24, 2.45) is 17.4 Å². The molecule has 0 saturated heterocycles. The molecule has 0 radical (unpaired) electrons. The first-order valence-electron chi connectivity index (χ1n) is 20.3. The number of aromatic hydroxyl groups is 1. The molecule has 2 heterocycles. The molecule has 0 aromatic heterocycles. The summed E-state index contributed by atoms with van der Waals surface area (Å²) in [5.74, 6) is -7.85. The summed E-state index contributed by atoms with van der Waals surface area (Å²) in [6.45, 7) is 5.81. The first-order valence-corrected chi connectivity index (χ1v) is 20.3. The van der Waals surface area contributed by atoms with Crippen LogP contribution in [0.1, 0.15) is 115 Å². The number of fused-ring (bicyclic) bond motifs is 9. The highest BCUT2D eigenvalue weighted by Gasteiger charge is 2.37. The minimum atomic E-state index is -1.92. The zero-order valence-corrected chi connectivity index (χ0v) is 35.8. The number of methoxy groups -OCH3 is 1. The average Bonchev–Trinajstić information content (AvgIpc) is 3.17. The van der Waals surface area contributed by atoms with Crippen molar-refractivity contribution in [2.75, 3.05) is 7.11 Å². The van der Waals surface area contributed by atoms with Crippen LogP contribution in [0.2, 0.25) is 0 Å². The number of ether oxygens (including phenoxy) is 2. The number of halogens is 1. The van der Waals surface area contributed by atoms with Crippen molar-refractivity contribution < 1.29 is 53.4 Å². The standard InChI is InChI=1S/C41H59N7O12.ClH/c1-5-6-7-8-9-10-11-12-13-14-34(51)46-36(41(55)56)35-25-20-30(49)37(59-4)32(21-25)60-31-16-15-24(19-29(31)48(57)58)18-27(44-38(52)26(42)17-23(2)3)39(53)45-28(22-33(43)50)40(54)47-35;/h15-16,19-21,23,26-28,35-36,49H,5-14,17-18,22,42H2,1-4H3,(H2,43,50)(H,44,52)(H,45,53)(H,46,51)(H,47,54)(H,55,56);1H/t26-,27-,28+,35-,36-;/m1./s1. The quantitative estimate of drug-likeness (QED) is 0.0501. The maximum atomic E-state index is 14.1. The molecule has 0 aliphatic carbocycles. The van der Waals surface area contributed by atoms with Gasteiger partial charge in [-0.1, -0.05) is 78.2 Å². The number of nitrogens with two attached hydrogens (primary N) is 2. The van der Waals surface area contributed by atoms with Gasteiger partial charge in [0.15, 0.2) is 17.5 Å². The Morgan fingerprint density at radius 3 is 2.20 bits per heavy atom. The van der Waals surface area contributed by atoms with Crippen LogP contribution in [-0.2, 0) is 35.2 Å². The molecule has 0 unspecified atom stereocenters. The van der Waals surface area contributed by atoms with Crippen molar-refractivity contribution in [1.29, 1.82) is 0 Å². The number of nitro benzene ring substituents is 1. The number of carbonyl (C=O) groups is 6. The van der Waals surface area contributed by atoms with Crippen LogP contribution >= 0.6 is 12.4 Å². The minimum absolute atomic E-state index is 0. The van der Waals surface area contributed by atoms with Gasteiger partial charge in [0.1, 0.15) is 12.1 Å². The third-order valence-corrected chi connectivity index (χ3v) is 9.96. The molecule has 0 saturated carbocycles. The predicted octanol–water partition coefficient (Wildman–Crippen LogP) is 3.95. The van der Waals surface area contributed by atoms with E-state index >= 15 is 0 Å². The van der Waals surface area contributed by atoms with Crippen molar-refractivity contribution in [2.45, 2.75) is 134 Å². The smallest absolute Gasteiger partial charge is 0.328 e. The van der Waals surface area contributed by atoms with Gasteiger partial charge >= 0.3 is 11.7 Å². The molecule has 5 atom stereocenters. The molecule has 61 heavy (non-hydrogen) atoms. The third-order valence-electron chi connectivity index (χ3n) is 9.96. The molecule has 5 amide bonds. The lowest BCUT2D eigenvalue weighted by molar-refractivity contribution is -0.385. The highest BCUT2D eigenvalue weighted by molar-refractivity contribution is 5.96. The van der Waals surface area contributed by atoms with Gasteiger partial charge in [-0.3, -0.25) is 34.1 Å². The van der Waals surface area contributed by atoms with Crippen LogP contribution in [0.15, 0.2) is 30.3 Å². The monoisotopic (exact) mass is 877 g/mol. The maximum absolute atomic E-state index is 14.1. The predicted molar refractivity (Wildman–Crippen MR) is 226 cm³/mol. The van der Waals surface area contributed by atoms with E-state index in [4.69, 9.17) is 20.9 Å². The lowest BCUT2D eigenvalue weighted by Crippen LogP contribution is -2.58. The van der Waals surface area contributed by atoms with Crippen molar-refractivity contribution >= 4 is 53.6 Å². The van der Waals surface area contributed by atoms with Gasteiger partial charge in [-0.05, 0) is 48.1 Å². The SMILES string of the molecule is CCCCCCCCCCCC(=O)N[C@@H](C(=O)O)[C@@H]1NC(=O)[C@H](CC(N)=O)NC(=O)[C@H](NC(=O)[C@H](N)CC(C)C)Cc2ccc(c([N+](=O)[O-])c2)Oc2cc1cc(O)c2OC.Cl. The normalized spacial score (nSPS) is 17.4. The zero-order valence-electron chi connectivity index (χ0n) is 35.0. The second kappa shape index (κ2) is 25.2. The van der Waals surface area contributed by atoms with E-state index in [0.717, 1.165) is 56.7 Å². The van der Waals surface area contributed by atoms with Gasteiger partial charge in [0.25, 0.3) is 0 Å². The maximum Gasteiger partial charge on any atom is 0.328 e. The van der Waals surface area contributed by atoms with E-state index in [2.05, 4.69) is 28.2 Å². The fourth-order valence-electron chi connectivity index (χ4n) is 6.87. The first kappa shape index (κ1) is 51.5. The lowest BCUT2D eigenvalue weighted by atomic mass is 9.96. The highest BCUT2D eigenvalue weighted by atomic mass is 35.5. The number of hydrogen-bond acceptors (Lipinski definition) is 12. The molecule has 2 aliphatic heterocycles. The molecule has 2 aromatic rings. The van der Waals surface area contributed by atoms with Crippen LogP contribution in [0.3, 0.4) is 0 Å². The number of nitrogens with one attached hydrogen (secondary N) is 4. The van der Waals surface area contributed by atoms with Crippen molar-refractivity contribution in [3.8, 4) is 23.0 Å². The van der Waals surface area contributed by atoms with E-state index in [-0.39, 0.29) is 66.0 Å². The highest BCUT2D eigenvalue weighted by Crippen LogP contribution is 2.44. The molecule has 19 nitrogen and oxygen atoms in total. The largest absolute Gasteiger partial charge is 0.504 e. The van der Waals surface area contributed by atoms with Crippen molar-refractivity contribution in [3.05, 3.63) is 51.6 Å². The number of aliphatic carboxylic acids is 1. The van der Waals surface area contributed by atoms with Gasteiger partial charge in [0.2, 0.25) is 41.0 Å². The van der Waals surface area contributed by atoms with Crippen LogP contribution < -0.4 is 42.2 Å². The van der Waals surface area contributed by atoms with E-state index in [9.17, 15) is 49.1 Å². The summed E-state index contributed by atoms with van der Waals surface area (Å²) in [7, 11) is 1.18. The van der Waals surface area contributed by atoms with Crippen molar-refractivity contribution in [1.82, 2.24) is 21.3 Å². The number of phenols is 1. The molecule has 0 spiro atoms. The summed E-state index contributed by atoms with van der Waals surface area (Å²) in [6, 6.07) is -2.13. The Labute approximate surface area is 361 Å². The number of unbranched alkanes of at least 4 members (excludes halogenated alkanes) is 8. The summed E-state index contributed by atoms with van der Waals surface area (Å²) in [5.41, 5.74) is 10.9. The van der Waals surface area contributed by atoms with Crippen molar-refractivity contribution in [3.63, 3.8) is 0 Å². The minimum Gasteiger partial charge on any atom is -0.504 e. The van der Waals surface area contributed by atoms with Crippen LogP contribution in [-0.4, -0.2) is 81.9 Å². The van der Waals surface area contributed by atoms with E-state index in [1.165, 1.54) is 32.1 Å². The number of carboxylic acid groups (broad SMARTS) is 1. The number of primary amides is 1. The molecule has 0 fully saturated rings. The third kappa shape index (κ3) is 16.0. The van der Waals surface area contributed by atoms with E-state index in [0.29, 0.717) is 6.42 Å². The van der Waals surface area contributed by atoms with Gasteiger partial charge in [0, 0.05) is 18.9 Å². The summed E-state index contributed by atoms with van der Waals surface area (Å²) < 4.78 is 11.3. The number of amides is 5. The number of carboxylic acids is 1. The molecule has 338 valence electrons. The topological polar surface area (TPSA) is 305 Å². The summed E-state index contributed by atoms with van der Waals surface area (Å²) >= 11 is 0. The Morgan fingerprint density at radius 2 is 1.62 bits per heavy atom. The van der Waals surface area contributed by atoms with Gasteiger partial charge in [-0.2, -0.15) is 0 Å². The van der Waals surface area contributed by atoms with E-state index in [1.807, 2.05) is 13.8 Å². The number of hydrogen-bond donors (Lipinski definition) is 8. The average molecular weight is 878 g/mol. The molecule has 20 heteroatoms. The second-order valence-corrected chi connectivity index (χ2v) is 15.4. The Kier molecular flexibility index (Phi) is 21.2. The van der Waals surface area contributed by atoms with E-state index in [1.54, 1.807) is 0 Å². The van der Waals surface area contributed by atoms with Gasteiger partial charge in [-0.25, -0.2) is 4.79 Å². The molecule has 4 bridgehead atoms. The lowest BCUT2D eigenvalue weighted by Gasteiger charge is -2.30. The molecular weight excluding hydrogens is 818 g/mol. The number of phenolic OH excluding ortho intramolecular Hbond substituents is 1. The molecular formula is C41H60ClN7O12. The van der Waals surface area contributed by atoms with E-state index < -0.39 is 88.5 Å². The molecule has 2 aliphatic rings. The summed E-state index contributed by atoms with van der Waals surface area (Å²) in [5, 5.41) is 43.8. The number of carbonyl (C=O) groups excluding carboxylic acids is 5. The number of benzene rings is 2.